The van der Waals surface area contributed by atoms with Crippen LogP contribution in [0.4, 0.5) is 29.3 Å². The number of carbonyl (C=O) groups is 2. The van der Waals surface area contributed by atoms with E-state index in [1.807, 2.05) is 0 Å². The molecule has 11 heteroatoms. The number of amides is 2. The van der Waals surface area contributed by atoms with Crippen molar-refractivity contribution in [1.82, 2.24) is 9.55 Å². The summed E-state index contributed by atoms with van der Waals surface area (Å²) in [5.74, 6) is -0.371. The van der Waals surface area contributed by atoms with Gasteiger partial charge in [0, 0.05) is 11.6 Å². The zero-order valence-electron chi connectivity index (χ0n) is 18.5. The number of nitrogens with one attached hydrogen (secondary N) is 1. The van der Waals surface area contributed by atoms with E-state index in [0.717, 1.165) is 24.4 Å². The number of nitrogens with zero attached hydrogens (tertiary/aromatic N) is 3. The van der Waals surface area contributed by atoms with E-state index in [4.69, 9.17) is 0 Å². The summed E-state index contributed by atoms with van der Waals surface area (Å²) >= 11 is 0. The van der Waals surface area contributed by atoms with Crippen LogP contribution in [-0.4, -0.2) is 26.7 Å². The molecule has 2 heterocycles. The average Bonchev–Trinajstić information content (AvgIpc) is 3.16. The Kier molecular flexibility index (Phi) is 6.33. The Hall–Kier alpha value is -4.15. The second-order valence-electron chi connectivity index (χ2n) is 8.25. The van der Waals surface area contributed by atoms with Crippen LogP contribution in [0.2, 0.25) is 0 Å². The summed E-state index contributed by atoms with van der Waals surface area (Å²) in [6.45, 7) is 1.29. The molecule has 0 spiro atoms. The van der Waals surface area contributed by atoms with Crippen LogP contribution in [0.1, 0.15) is 42.3 Å². The first-order valence-corrected chi connectivity index (χ1v) is 10.7. The lowest BCUT2D eigenvalue weighted by molar-refractivity contribution is -0.137. The Morgan fingerprint density at radius 1 is 1.17 bits per heavy atom. The number of para-hydroxylation sites is 1. The number of hydrogen-bond donors (Lipinski definition) is 2. The van der Waals surface area contributed by atoms with Crippen molar-refractivity contribution in [2.75, 3.05) is 10.2 Å². The number of hydrogen-bond acceptors (Lipinski definition) is 4. The molecule has 0 aliphatic carbocycles. The third-order valence-electron chi connectivity index (χ3n) is 5.79. The molecule has 1 aliphatic heterocycles. The molecule has 1 aliphatic rings. The first kappa shape index (κ1) is 24.0. The van der Waals surface area contributed by atoms with E-state index in [-0.39, 0.29) is 23.6 Å². The first-order chi connectivity index (χ1) is 16.6. The molecular weight excluding hydrogens is 465 g/mol. The lowest BCUT2D eigenvalue weighted by Crippen LogP contribution is -2.38. The smallest absolute Gasteiger partial charge is 0.416 e. The average molecular weight is 486 g/mol. The Morgan fingerprint density at radius 3 is 2.54 bits per heavy atom. The van der Waals surface area contributed by atoms with Crippen LogP contribution in [0.25, 0.3) is 0 Å². The zero-order valence-corrected chi connectivity index (χ0v) is 18.5. The van der Waals surface area contributed by atoms with Gasteiger partial charge in [0.1, 0.15) is 17.6 Å². The summed E-state index contributed by atoms with van der Waals surface area (Å²) in [5.41, 5.74) is -1.48. The maximum absolute atomic E-state index is 13.4. The van der Waals surface area contributed by atoms with Crippen LogP contribution >= 0.6 is 0 Å². The van der Waals surface area contributed by atoms with Gasteiger partial charge in [0.05, 0.1) is 18.3 Å². The molecule has 2 amide bonds. The summed E-state index contributed by atoms with van der Waals surface area (Å²) < 4.78 is 40.4. The normalized spacial score (nSPS) is 17.0. The Labute approximate surface area is 197 Å². The molecule has 2 N–H and O–H groups in total. The highest BCUT2D eigenvalue weighted by Crippen LogP contribution is 2.35. The second kappa shape index (κ2) is 9.24. The molecule has 1 aromatic heterocycles. The van der Waals surface area contributed by atoms with E-state index in [1.54, 1.807) is 37.3 Å². The Balaban J connectivity index is 1.69. The van der Waals surface area contributed by atoms with E-state index in [0.29, 0.717) is 16.4 Å². The Bertz CT molecular complexity index is 1320. The van der Waals surface area contributed by atoms with Gasteiger partial charge in [-0.25, -0.2) is 9.78 Å². The molecule has 4 rings (SSSR count). The van der Waals surface area contributed by atoms with Crippen molar-refractivity contribution in [3.05, 3.63) is 88.1 Å². The molecular formula is C24H21F3N4O4. The van der Waals surface area contributed by atoms with Crippen LogP contribution in [0.15, 0.2) is 65.6 Å². The third-order valence-corrected chi connectivity index (χ3v) is 5.79. The molecule has 0 saturated heterocycles. The van der Waals surface area contributed by atoms with Gasteiger partial charge in [0.25, 0.3) is 5.56 Å². The minimum atomic E-state index is -4.60. The van der Waals surface area contributed by atoms with Crippen LogP contribution < -0.4 is 15.8 Å². The van der Waals surface area contributed by atoms with Crippen molar-refractivity contribution in [3.8, 4) is 0 Å². The monoisotopic (exact) mass is 486 g/mol. The SMILES string of the molecule is C[C@H]1C[C@@H](C(=O)Nc2ccccc2)n2c1ncc(N(Cc1cccc(C(F)(F)F)c1)C(=O)O)c2=O. The number of aromatic nitrogens is 2. The topological polar surface area (TPSA) is 105 Å². The molecule has 0 fully saturated rings. The summed E-state index contributed by atoms with van der Waals surface area (Å²) in [6.07, 6.45) is -4.78. The van der Waals surface area contributed by atoms with Crippen LogP contribution in [0.3, 0.4) is 0 Å². The van der Waals surface area contributed by atoms with E-state index in [1.165, 1.54) is 10.6 Å². The van der Waals surface area contributed by atoms with Gasteiger partial charge in [-0.3, -0.25) is 19.1 Å². The van der Waals surface area contributed by atoms with Gasteiger partial charge in [-0.1, -0.05) is 37.3 Å². The lowest BCUT2D eigenvalue weighted by atomic mass is 10.1. The van der Waals surface area contributed by atoms with Gasteiger partial charge in [-0.2, -0.15) is 13.2 Å². The number of anilines is 2. The Morgan fingerprint density at radius 2 is 1.89 bits per heavy atom. The van der Waals surface area contributed by atoms with Gasteiger partial charge in [0.15, 0.2) is 0 Å². The zero-order chi connectivity index (χ0) is 25.3. The van der Waals surface area contributed by atoms with Crippen molar-refractivity contribution in [3.63, 3.8) is 0 Å². The molecule has 0 radical (unpaired) electrons. The molecule has 35 heavy (non-hydrogen) atoms. The van der Waals surface area contributed by atoms with Crippen LogP contribution in [0.5, 0.6) is 0 Å². The van der Waals surface area contributed by atoms with Crippen molar-refractivity contribution >= 4 is 23.4 Å². The predicted octanol–water partition coefficient (Wildman–Crippen LogP) is 4.63. The number of benzene rings is 2. The fourth-order valence-corrected chi connectivity index (χ4v) is 4.12. The van der Waals surface area contributed by atoms with Crippen LogP contribution in [0, 0.1) is 0 Å². The molecule has 3 aromatic rings. The molecule has 0 unspecified atom stereocenters. The summed E-state index contributed by atoms with van der Waals surface area (Å²) in [6, 6.07) is 11.9. The maximum Gasteiger partial charge on any atom is 0.416 e. The fourth-order valence-electron chi connectivity index (χ4n) is 4.12. The number of halogens is 3. The van der Waals surface area contributed by atoms with Gasteiger partial charge in [-0.05, 0) is 36.2 Å². The largest absolute Gasteiger partial charge is 0.465 e. The minimum absolute atomic E-state index is 0.0406. The van der Waals surface area contributed by atoms with Crippen molar-refractivity contribution < 1.29 is 27.9 Å². The third kappa shape index (κ3) is 4.88. The summed E-state index contributed by atoms with van der Waals surface area (Å²) in [4.78, 5) is 43.3. The molecule has 2 atom stereocenters. The minimum Gasteiger partial charge on any atom is -0.465 e. The van der Waals surface area contributed by atoms with E-state index < -0.39 is 41.9 Å². The van der Waals surface area contributed by atoms with E-state index in [9.17, 15) is 32.7 Å². The van der Waals surface area contributed by atoms with Gasteiger partial charge in [0.2, 0.25) is 5.91 Å². The molecule has 0 saturated carbocycles. The summed E-state index contributed by atoms with van der Waals surface area (Å²) in [5, 5.41) is 12.5. The number of alkyl halides is 3. The molecule has 0 bridgehead atoms. The van der Waals surface area contributed by atoms with E-state index >= 15 is 0 Å². The molecule has 2 aromatic carbocycles. The van der Waals surface area contributed by atoms with Gasteiger partial charge in [-0.15, -0.1) is 0 Å². The molecule has 8 nitrogen and oxygen atoms in total. The second-order valence-corrected chi connectivity index (χ2v) is 8.25. The van der Waals surface area contributed by atoms with Crippen molar-refractivity contribution in [2.24, 2.45) is 0 Å². The first-order valence-electron chi connectivity index (χ1n) is 10.7. The quantitative estimate of drug-likeness (QED) is 0.547. The highest BCUT2D eigenvalue weighted by Gasteiger charge is 2.37. The number of rotatable bonds is 5. The van der Waals surface area contributed by atoms with Crippen LogP contribution in [-0.2, 0) is 17.5 Å². The standard InChI is InChI=1S/C24H21F3N4O4/c1-14-10-18(21(32)29-17-8-3-2-4-9-17)31-20(14)28-12-19(22(31)33)30(23(34)35)13-15-6-5-7-16(11-15)24(25,26)27/h2-9,11-12,14,18H,10,13H2,1H3,(H,29,32)(H,34,35)/t14-,18-/m0/s1. The molecule has 182 valence electrons. The van der Waals surface area contributed by atoms with E-state index in [2.05, 4.69) is 10.3 Å². The summed E-state index contributed by atoms with van der Waals surface area (Å²) in [7, 11) is 0. The number of carbonyl (C=O) groups excluding carboxylic acids is 1. The van der Waals surface area contributed by atoms with Crippen molar-refractivity contribution in [1.29, 1.82) is 0 Å². The van der Waals surface area contributed by atoms with Crippen molar-refractivity contribution in [2.45, 2.75) is 38.0 Å². The highest BCUT2D eigenvalue weighted by atomic mass is 19.4. The van der Waals surface area contributed by atoms with Gasteiger partial charge < -0.3 is 10.4 Å². The van der Waals surface area contributed by atoms with Gasteiger partial charge >= 0.3 is 12.3 Å². The highest BCUT2D eigenvalue weighted by molar-refractivity contribution is 5.94. The number of fused-ring (bicyclic) bond motifs is 1. The lowest BCUT2D eigenvalue weighted by Gasteiger charge is -2.21. The maximum atomic E-state index is 13.4. The fraction of sp³-hybridized carbons (Fsp3) is 0.250. The number of carboxylic acid groups (broad SMARTS) is 1. The predicted molar refractivity (Wildman–Crippen MR) is 121 cm³/mol.